The molecule has 0 aliphatic carbocycles. The third-order valence-corrected chi connectivity index (χ3v) is 4.89. The summed E-state index contributed by atoms with van der Waals surface area (Å²) in [7, 11) is 0. The van der Waals surface area contributed by atoms with Gasteiger partial charge in [-0.15, -0.1) is 11.8 Å². The number of hydrogen-bond acceptors (Lipinski definition) is 2. The first kappa shape index (κ1) is 16.5. The van der Waals surface area contributed by atoms with Gasteiger partial charge in [0.25, 0.3) is 0 Å². The van der Waals surface area contributed by atoms with Gasteiger partial charge in [0.1, 0.15) is 5.82 Å². The van der Waals surface area contributed by atoms with E-state index in [0.29, 0.717) is 0 Å². The van der Waals surface area contributed by atoms with Crippen molar-refractivity contribution in [3.05, 3.63) is 63.9 Å². The molecule has 1 N–H and O–H groups in total. The first-order valence-corrected chi connectivity index (χ1v) is 8.83. The summed E-state index contributed by atoms with van der Waals surface area (Å²) in [5.41, 5.74) is 2.41. The van der Waals surface area contributed by atoms with Gasteiger partial charge in [-0.3, -0.25) is 0 Å². The molecule has 0 saturated carbocycles. The second kappa shape index (κ2) is 8.57. The molecule has 2 rings (SSSR count). The van der Waals surface area contributed by atoms with Gasteiger partial charge in [-0.25, -0.2) is 4.39 Å². The van der Waals surface area contributed by atoms with E-state index in [-0.39, 0.29) is 5.82 Å². The molecule has 0 saturated heterocycles. The molecule has 0 fully saturated rings. The largest absolute Gasteiger partial charge is 0.313 e. The first-order valence-electron chi connectivity index (χ1n) is 7.05. The van der Waals surface area contributed by atoms with Crippen molar-refractivity contribution in [2.75, 3.05) is 6.54 Å². The third-order valence-electron chi connectivity index (χ3n) is 3.09. The Balaban J connectivity index is 1.88. The van der Waals surface area contributed by atoms with Crippen LogP contribution in [0, 0.1) is 5.82 Å². The molecule has 0 aliphatic rings. The summed E-state index contributed by atoms with van der Waals surface area (Å²) in [5, 5.41) is 3.39. The van der Waals surface area contributed by atoms with Gasteiger partial charge in [0, 0.05) is 21.7 Å². The predicted molar refractivity (Wildman–Crippen MR) is 92.1 cm³/mol. The monoisotopic (exact) mass is 367 g/mol. The molecular formula is C17H19BrFNS. The zero-order chi connectivity index (χ0) is 15.1. The average Bonchev–Trinajstić information content (AvgIpc) is 2.48. The van der Waals surface area contributed by atoms with E-state index in [9.17, 15) is 4.39 Å². The smallest absolute Gasteiger partial charge is 0.124 e. The van der Waals surface area contributed by atoms with Gasteiger partial charge >= 0.3 is 0 Å². The van der Waals surface area contributed by atoms with Crippen LogP contribution in [0.3, 0.4) is 0 Å². The number of halogens is 2. The lowest BCUT2D eigenvalue weighted by molar-refractivity contribution is 0.626. The Morgan fingerprint density at radius 1 is 1.14 bits per heavy atom. The summed E-state index contributed by atoms with van der Waals surface area (Å²) in [6.45, 7) is 4.14. The molecule has 4 heteroatoms. The molecule has 21 heavy (non-hydrogen) atoms. The molecule has 0 heterocycles. The maximum atomic E-state index is 13.0. The molecular weight excluding hydrogens is 349 g/mol. The van der Waals surface area contributed by atoms with E-state index in [2.05, 4.69) is 52.4 Å². The van der Waals surface area contributed by atoms with Crippen LogP contribution < -0.4 is 5.32 Å². The molecule has 0 atom stereocenters. The fraction of sp³-hybridized carbons (Fsp3) is 0.294. The van der Waals surface area contributed by atoms with Crippen molar-refractivity contribution in [3.8, 4) is 0 Å². The minimum atomic E-state index is -0.209. The Morgan fingerprint density at radius 2 is 1.90 bits per heavy atom. The Kier molecular flexibility index (Phi) is 6.74. The molecule has 0 spiro atoms. The molecule has 0 aromatic heterocycles. The Morgan fingerprint density at radius 3 is 2.57 bits per heavy atom. The molecule has 0 unspecified atom stereocenters. The first-order chi connectivity index (χ1) is 10.2. The third kappa shape index (κ3) is 5.46. The van der Waals surface area contributed by atoms with Crippen molar-refractivity contribution in [2.45, 2.75) is 30.5 Å². The van der Waals surface area contributed by atoms with Crippen molar-refractivity contribution in [2.24, 2.45) is 0 Å². The van der Waals surface area contributed by atoms with Crippen LogP contribution in [0.5, 0.6) is 0 Å². The normalized spacial score (nSPS) is 10.8. The Bertz CT molecular complexity index is 572. The van der Waals surface area contributed by atoms with Gasteiger partial charge in [-0.1, -0.05) is 41.1 Å². The number of benzene rings is 2. The molecule has 0 radical (unpaired) electrons. The highest BCUT2D eigenvalue weighted by Gasteiger charge is 2.03. The van der Waals surface area contributed by atoms with Gasteiger partial charge in [-0.05, 0) is 48.4 Å². The summed E-state index contributed by atoms with van der Waals surface area (Å²) in [4.78, 5) is 1.23. The highest BCUT2D eigenvalue weighted by atomic mass is 79.9. The predicted octanol–water partition coefficient (Wildman–Crippen LogP) is 5.38. The highest BCUT2D eigenvalue weighted by Crippen LogP contribution is 2.27. The standard InChI is InChI=1S/C17H19BrFNS/c1-2-9-20-11-13-3-7-16(8-4-13)21-12-14-5-6-15(19)10-17(14)18/h3-8,10,20H,2,9,11-12H2,1H3. The minimum Gasteiger partial charge on any atom is -0.313 e. The van der Waals surface area contributed by atoms with Crippen molar-refractivity contribution in [1.82, 2.24) is 5.32 Å². The van der Waals surface area contributed by atoms with E-state index < -0.39 is 0 Å². The number of hydrogen-bond donors (Lipinski definition) is 1. The van der Waals surface area contributed by atoms with E-state index in [1.54, 1.807) is 11.8 Å². The maximum absolute atomic E-state index is 13.0. The summed E-state index contributed by atoms with van der Waals surface area (Å²) < 4.78 is 13.9. The van der Waals surface area contributed by atoms with Crippen LogP contribution in [0.2, 0.25) is 0 Å². The molecule has 1 nitrogen and oxygen atoms in total. The van der Waals surface area contributed by atoms with Gasteiger partial charge in [0.2, 0.25) is 0 Å². The Hall–Kier alpha value is -0.840. The molecule has 2 aromatic rings. The minimum absolute atomic E-state index is 0.209. The Labute approximate surface area is 138 Å². The SMILES string of the molecule is CCCNCc1ccc(SCc2ccc(F)cc2Br)cc1. The van der Waals surface area contributed by atoms with Crippen LogP contribution in [-0.4, -0.2) is 6.54 Å². The topological polar surface area (TPSA) is 12.0 Å². The van der Waals surface area contributed by atoms with Gasteiger partial charge in [0.15, 0.2) is 0 Å². The van der Waals surface area contributed by atoms with E-state index in [1.165, 1.54) is 22.6 Å². The quantitative estimate of drug-likeness (QED) is 0.520. The maximum Gasteiger partial charge on any atom is 0.124 e. The highest BCUT2D eigenvalue weighted by molar-refractivity contribution is 9.10. The summed E-state index contributed by atoms with van der Waals surface area (Å²) in [6.07, 6.45) is 1.15. The zero-order valence-corrected chi connectivity index (χ0v) is 14.4. The zero-order valence-electron chi connectivity index (χ0n) is 12.0. The van der Waals surface area contributed by atoms with Crippen molar-refractivity contribution in [3.63, 3.8) is 0 Å². The van der Waals surface area contributed by atoms with Crippen LogP contribution >= 0.6 is 27.7 Å². The van der Waals surface area contributed by atoms with E-state index >= 15 is 0 Å². The van der Waals surface area contributed by atoms with Crippen LogP contribution in [0.1, 0.15) is 24.5 Å². The summed E-state index contributed by atoms with van der Waals surface area (Å²) >= 11 is 5.16. The fourth-order valence-electron chi connectivity index (χ4n) is 1.91. The van der Waals surface area contributed by atoms with Crippen molar-refractivity contribution in [1.29, 1.82) is 0 Å². The summed E-state index contributed by atoms with van der Waals surface area (Å²) in [5.74, 6) is 0.619. The second-order valence-electron chi connectivity index (χ2n) is 4.85. The van der Waals surface area contributed by atoms with Crippen molar-refractivity contribution >= 4 is 27.7 Å². The lowest BCUT2D eigenvalue weighted by Gasteiger charge is -2.07. The lowest BCUT2D eigenvalue weighted by atomic mass is 10.2. The van der Waals surface area contributed by atoms with Gasteiger partial charge in [0.05, 0.1) is 0 Å². The molecule has 2 aromatic carbocycles. The van der Waals surface area contributed by atoms with Crippen LogP contribution in [0.15, 0.2) is 51.8 Å². The van der Waals surface area contributed by atoms with E-state index in [1.807, 2.05) is 6.07 Å². The van der Waals surface area contributed by atoms with Gasteiger partial charge < -0.3 is 5.32 Å². The average molecular weight is 368 g/mol. The molecule has 0 bridgehead atoms. The molecule has 112 valence electrons. The number of nitrogens with one attached hydrogen (secondary N) is 1. The van der Waals surface area contributed by atoms with E-state index in [0.717, 1.165) is 35.3 Å². The molecule has 0 aliphatic heterocycles. The van der Waals surface area contributed by atoms with Gasteiger partial charge in [-0.2, -0.15) is 0 Å². The lowest BCUT2D eigenvalue weighted by Crippen LogP contribution is -2.13. The van der Waals surface area contributed by atoms with Crippen LogP contribution in [-0.2, 0) is 12.3 Å². The number of thioether (sulfide) groups is 1. The number of rotatable bonds is 7. The van der Waals surface area contributed by atoms with Crippen molar-refractivity contribution < 1.29 is 4.39 Å². The molecule has 0 amide bonds. The fourth-order valence-corrected chi connectivity index (χ4v) is 3.49. The second-order valence-corrected chi connectivity index (χ2v) is 6.75. The van der Waals surface area contributed by atoms with Crippen LogP contribution in [0.4, 0.5) is 4.39 Å². The summed E-state index contributed by atoms with van der Waals surface area (Å²) in [6, 6.07) is 13.4. The van der Waals surface area contributed by atoms with E-state index in [4.69, 9.17) is 0 Å². The van der Waals surface area contributed by atoms with Crippen LogP contribution in [0.25, 0.3) is 0 Å².